The summed E-state index contributed by atoms with van der Waals surface area (Å²) in [4.78, 5) is 23.8. The second-order valence-corrected chi connectivity index (χ2v) is 7.20. The molecule has 0 saturated heterocycles. The maximum absolute atomic E-state index is 12.4. The largest absolute Gasteiger partial charge is 0.480 e. The first-order chi connectivity index (χ1) is 9.97. The number of nitrogens with one attached hydrogen (secondary N) is 1. The van der Waals surface area contributed by atoms with Gasteiger partial charge in [-0.25, -0.2) is 0 Å². The fourth-order valence-electron chi connectivity index (χ4n) is 2.16. The number of hydrogen-bond donors (Lipinski definition) is 2. The SMILES string of the molecule is C=CC[C@@H](C)[C@@H](NC(CC(C)C)C(=O)O)C(=O)OC(C)(C)C. The topological polar surface area (TPSA) is 75.6 Å². The smallest absolute Gasteiger partial charge is 0.323 e. The van der Waals surface area contributed by atoms with Crippen molar-refractivity contribution in [1.29, 1.82) is 0 Å². The summed E-state index contributed by atoms with van der Waals surface area (Å²) < 4.78 is 5.42. The predicted molar refractivity (Wildman–Crippen MR) is 87.6 cm³/mol. The molecule has 0 aromatic rings. The lowest BCUT2D eigenvalue weighted by Gasteiger charge is -2.30. The van der Waals surface area contributed by atoms with Gasteiger partial charge < -0.3 is 9.84 Å². The van der Waals surface area contributed by atoms with E-state index in [1.165, 1.54) is 0 Å². The molecule has 0 rings (SSSR count). The number of allylic oxidation sites excluding steroid dienone is 1. The van der Waals surface area contributed by atoms with Gasteiger partial charge >= 0.3 is 11.9 Å². The minimum Gasteiger partial charge on any atom is -0.480 e. The summed E-state index contributed by atoms with van der Waals surface area (Å²) >= 11 is 0. The lowest BCUT2D eigenvalue weighted by molar-refractivity contribution is -0.159. The maximum atomic E-state index is 12.4. The van der Waals surface area contributed by atoms with Crippen molar-refractivity contribution in [2.75, 3.05) is 0 Å². The van der Waals surface area contributed by atoms with Crippen LogP contribution in [0.5, 0.6) is 0 Å². The van der Waals surface area contributed by atoms with Crippen LogP contribution in [0.2, 0.25) is 0 Å². The summed E-state index contributed by atoms with van der Waals surface area (Å²) in [6, 6.07) is -1.44. The summed E-state index contributed by atoms with van der Waals surface area (Å²) in [6.07, 6.45) is 2.78. The highest BCUT2D eigenvalue weighted by Gasteiger charge is 2.33. The molecule has 0 fully saturated rings. The number of esters is 1. The van der Waals surface area contributed by atoms with Crippen molar-refractivity contribution in [3.8, 4) is 0 Å². The summed E-state index contributed by atoms with van der Waals surface area (Å²) in [5.74, 6) is -1.26. The molecule has 0 aromatic carbocycles. The monoisotopic (exact) mass is 313 g/mol. The molecule has 0 heterocycles. The first kappa shape index (κ1) is 20.6. The first-order valence-electron chi connectivity index (χ1n) is 7.80. The normalized spacial score (nSPS) is 16.0. The minimum absolute atomic E-state index is 0.0960. The molecule has 0 aliphatic carbocycles. The van der Waals surface area contributed by atoms with E-state index >= 15 is 0 Å². The van der Waals surface area contributed by atoms with Crippen molar-refractivity contribution in [2.24, 2.45) is 11.8 Å². The van der Waals surface area contributed by atoms with Gasteiger partial charge in [-0.05, 0) is 45.4 Å². The van der Waals surface area contributed by atoms with Crippen molar-refractivity contribution in [3.05, 3.63) is 12.7 Å². The molecule has 128 valence electrons. The Labute approximate surface area is 134 Å². The number of aliphatic carboxylic acids is 1. The van der Waals surface area contributed by atoms with Crippen LogP contribution in [0.1, 0.15) is 54.4 Å². The molecule has 1 unspecified atom stereocenters. The van der Waals surface area contributed by atoms with Gasteiger partial charge in [-0.3, -0.25) is 14.9 Å². The second-order valence-electron chi connectivity index (χ2n) is 7.20. The molecule has 5 heteroatoms. The minimum atomic E-state index is -0.951. The summed E-state index contributed by atoms with van der Waals surface area (Å²) in [5, 5.41) is 12.3. The fraction of sp³-hybridized carbons (Fsp3) is 0.765. The molecule has 0 aliphatic rings. The van der Waals surface area contributed by atoms with Crippen LogP contribution in [0.15, 0.2) is 12.7 Å². The van der Waals surface area contributed by atoms with Gasteiger partial charge in [-0.1, -0.05) is 26.8 Å². The Morgan fingerprint density at radius 2 is 1.82 bits per heavy atom. The van der Waals surface area contributed by atoms with Crippen LogP contribution < -0.4 is 5.32 Å². The third-order valence-electron chi connectivity index (χ3n) is 3.15. The molecule has 0 aromatic heterocycles. The average molecular weight is 313 g/mol. The van der Waals surface area contributed by atoms with E-state index in [-0.39, 0.29) is 11.8 Å². The summed E-state index contributed by atoms with van der Waals surface area (Å²) in [5.41, 5.74) is -0.609. The second kappa shape index (κ2) is 8.93. The molecule has 0 bridgehead atoms. The fourth-order valence-corrected chi connectivity index (χ4v) is 2.16. The van der Waals surface area contributed by atoms with Gasteiger partial charge in [0.2, 0.25) is 0 Å². The van der Waals surface area contributed by atoms with Gasteiger partial charge in [-0.15, -0.1) is 6.58 Å². The van der Waals surface area contributed by atoms with Gasteiger partial charge in [0.25, 0.3) is 0 Å². The number of carboxylic acids is 1. The van der Waals surface area contributed by atoms with Crippen LogP contribution >= 0.6 is 0 Å². The van der Waals surface area contributed by atoms with E-state index in [1.54, 1.807) is 26.8 Å². The zero-order valence-corrected chi connectivity index (χ0v) is 14.7. The Hall–Kier alpha value is -1.36. The van der Waals surface area contributed by atoms with E-state index in [0.29, 0.717) is 12.8 Å². The van der Waals surface area contributed by atoms with Crippen molar-refractivity contribution in [1.82, 2.24) is 5.32 Å². The van der Waals surface area contributed by atoms with Crippen LogP contribution in [0.4, 0.5) is 0 Å². The highest BCUT2D eigenvalue weighted by Crippen LogP contribution is 2.17. The number of carbonyl (C=O) groups excluding carboxylic acids is 1. The molecular weight excluding hydrogens is 282 g/mol. The molecule has 0 amide bonds. The van der Waals surface area contributed by atoms with E-state index in [2.05, 4.69) is 11.9 Å². The van der Waals surface area contributed by atoms with E-state index in [4.69, 9.17) is 4.74 Å². The quantitative estimate of drug-likeness (QED) is 0.505. The Bertz CT molecular complexity index is 385. The van der Waals surface area contributed by atoms with Crippen LogP contribution in [0, 0.1) is 11.8 Å². The predicted octanol–water partition coefficient (Wildman–Crippen LogP) is 3.00. The molecular formula is C17H31NO4. The molecule has 0 aliphatic heterocycles. The molecule has 0 saturated carbocycles. The van der Waals surface area contributed by atoms with Crippen LogP contribution in [0.25, 0.3) is 0 Å². The van der Waals surface area contributed by atoms with Crippen LogP contribution in [0.3, 0.4) is 0 Å². The maximum Gasteiger partial charge on any atom is 0.323 e. The average Bonchev–Trinajstić information content (AvgIpc) is 2.31. The van der Waals surface area contributed by atoms with Gasteiger partial charge in [0.1, 0.15) is 17.7 Å². The number of rotatable bonds is 9. The van der Waals surface area contributed by atoms with E-state index < -0.39 is 29.6 Å². The number of carboxylic acid groups (broad SMARTS) is 1. The van der Waals surface area contributed by atoms with Crippen LogP contribution in [-0.2, 0) is 14.3 Å². The van der Waals surface area contributed by atoms with Crippen molar-refractivity contribution < 1.29 is 19.4 Å². The molecule has 2 N–H and O–H groups in total. The van der Waals surface area contributed by atoms with E-state index in [1.807, 2.05) is 20.8 Å². The third kappa shape index (κ3) is 8.17. The van der Waals surface area contributed by atoms with E-state index in [9.17, 15) is 14.7 Å². The number of ether oxygens (including phenoxy) is 1. The Balaban J connectivity index is 5.17. The summed E-state index contributed by atoms with van der Waals surface area (Å²) in [6.45, 7) is 14.9. The Morgan fingerprint density at radius 3 is 2.18 bits per heavy atom. The molecule has 0 spiro atoms. The third-order valence-corrected chi connectivity index (χ3v) is 3.15. The number of hydrogen-bond acceptors (Lipinski definition) is 4. The lowest BCUT2D eigenvalue weighted by atomic mass is 9.95. The van der Waals surface area contributed by atoms with Crippen LogP contribution in [-0.4, -0.2) is 34.7 Å². The molecule has 22 heavy (non-hydrogen) atoms. The number of carbonyl (C=O) groups is 2. The van der Waals surface area contributed by atoms with Gasteiger partial charge in [0.15, 0.2) is 0 Å². The first-order valence-corrected chi connectivity index (χ1v) is 7.80. The van der Waals surface area contributed by atoms with Crippen molar-refractivity contribution in [3.63, 3.8) is 0 Å². The van der Waals surface area contributed by atoms with Crippen molar-refractivity contribution >= 4 is 11.9 Å². The standard InChI is InChI=1S/C17H31NO4/c1-8-9-12(4)14(16(21)22-17(5,6)7)18-13(15(19)20)10-11(2)3/h8,11-14,18H,1,9-10H2,2-7H3,(H,19,20)/t12-,13?,14-/m1/s1. The molecule has 3 atom stereocenters. The van der Waals surface area contributed by atoms with Gasteiger partial charge in [0, 0.05) is 0 Å². The van der Waals surface area contributed by atoms with Gasteiger partial charge in [-0.2, -0.15) is 0 Å². The Morgan fingerprint density at radius 1 is 1.27 bits per heavy atom. The highest BCUT2D eigenvalue weighted by atomic mass is 16.6. The zero-order valence-electron chi connectivity index (χ0n) is 14.7. The van der Waals surface area contributed by atoms with Gasteiger partial charge in [0.05, 0.1) is 0 Å². The zero-order chi connectivity index (χ0) is 17.5. The lowest BCUT2D eigenvalue weighted by Crippen LogP contribution is -2.52. The van der Waals surface area contributed by atoms with E-state index in [0.717, 1.165) is 0 Å². The molecule has 5 nitrogen and oxygen atoms in total. The Kier molecular flexibility index (Phi) is 8.38. The summed E-state index contributed by atoms with van der Waals surface area (Å²) in [7, 11) is 0. The van der Waals surface area contributed by atoms with Crippen molar-refractivity contribution in [2.45, 2.75) is 72.1 Å². The molecule has 0 radical (unpaired) electrons. The highest BCUT2D eigenvalue weighted by molar-refractivity contribution is 5.79.